The minimum Gasteiger partial charge on any atom is -0.478 e. The summed E-state index contributed by atoms with van der Waals surface area (Å²) in [7, 11) is 0. The van der Waals surface area contributed by atoms with Crippen LogP contribution in [0.1, 0.15) is 42.2 Å². The van der Waals surface area contributed by atoms with E-state index in [1.54, 1.807) is 24.3 Å². The Morgan fingerprint density at radius 1 is 0.517 bits per heavy atom. The number of ether oxygens (including phenoxy) is 3. The van der Waals surface area contributed by atoms with Crippen LogP contribution in [0.2, 0.25) is 5.02 Å². The molecule has 3 aromatic carbocycles. The Morgan fingerprint density at radius 2 is 0.966 bits per heavy atom. The van der Waals surface area contributed by atoms with E-state index < -0.39 is 53.0 Å². The van der Waals surface area contributed by atoms with Crippen LogP contribution in [-0.4, -0.2) is 48.2 Å². The van der Waals surface area contributed by atoms with E-state index in [1.807, 2.05) is 0 Å². The number of hydrogen-bond acceptors (Lipinski definition) is 9. The van der Waals surface area contributed by atoms with E-state index in [0.717, 1.165) is 36.7 Å². The molecule has 12 nitrogen and oxygen atoms in total. The van der Waals surface area contributed by atoms with Crippen molar-refractivity contribution in [3.8, 4) is 34.9 Å². The van der Waals surface area contributed by atoms with Crippen molar-refractivity contribution in [3.63, 3.8) is 0 Å². The normalized spacial score (nSPS) is 10.8. The lowest BCUT2D eigenvalue weighted by Gasteiger charge is -2.10. The highest BCUT2D eigenvalue weighted by molar-refractivity contribution is 6.32. The van der Waals surface area contributed by atoms with Crippen LogP contribution < -0.4 is 14.2 Å². The minimum absolute atomic E-state index is 0.00863. The van der Waals surface area contributed by atoms with Gasteiger partial charge in [0, 0.05) is 36.8 Å². The van der Waals surface area contributed by atoms with Crippen molar-refractivity contribution >= 4 is 29.5 Å². The summed E-state index contributed by atoms with van der Waals surface area (Å²) in [4.78, 5) is 43.0. The van der Waals surface area contributed by atoms with Crippen LogP contribution >= 0.6 is 11.6 Å². The summed E-state index contributed by atoms with van der Waals surface area (Å²) >= 11 is 5.91. The summed E-state index contributed by atoms with van der Waals surface area (Å²) in [5, 5.41) is 26.5. The van der Waals surface area contributed by atoms with Crippen molar-refractivity contribution in [1.82, 2.24) is 15.0 Å². The quantitative estimate of drug-likeness (QED) is 0.118. The summed E-state index contributed by atoms with van der Waals surface area (Å²) in [6, 6.07) is 20.7. The van der Waals surface area contributed by atoms with Crippen LogP contribution in [0.5, 0.6) is 34.9 Å². The Kier molecular flexibility index (Phi) is 14.3. The van der Waals surface area contributed by atoms with Crippen LogP contribution in [0.3, 0.4) is 0 Å². The Hall–Kier alpha value is -7.28. The highest BCUT2D eigenvalue weighted by Crippen LogP contribution is 2.35. The molecule has 0 saturated carbocycles. The van der Waals surface area contributed by atoms with Gasteiger partial charge in [-0.15, -0.1) is 0 Å². The van der Waals surface area contributed by atoms with Crippen LogP contribution in [0.4, 0.5) is 30.7 Å². The predicted molar refractivity (Wildman–Crippen MR) is 188 cm³/mol. The number of carbonyl (C=O) groups is 3. The van der Waals surface area contributed by atoms with E-state index in [0.29, 0.717) is 34.9 Å². The summed E-state index contributed by atoms with van der Waals surface area (Å²) in [5.41, 5.74) is -1.97. The molecule has 0 saturated heterocycles. The molecule has 300 valence electrons. The molecule has 0 spiro atoms. The first-order valence-corrected chi connectivity index (χ1v) is 16.1. The van der Waals surface area contributed by atoms with Crippen molar-refractivity contribution < 1.29 is 74.6 Å². The SMILES string of the molecule is O=C(O)c1ccc(Oc2cc(C(F)(F)F)ccc2F)nc1.O=C(O)c1ccc(Oc2cccc(C(F)(F)F)c2)nc1.O=C(O)c1ccc(Oc2ccccc2Cl)nc1. The summed E-state index contributed by atoms with van der Waals surface area (Å²) < 4.78 is 104. The molecule has 20 heteroatoms. The molecule has 3 aromatic heterocycles. The predicted octanol–water partition coefficient (Wildman–Crippen LogP) is 10.5. The maximum absolute atomic E-state index is 13.4. The molecule has 0 bridgehead atoms. The van der Waals surface area contributed by atoms with Crippen molar-refractivity contribution in [3.05, 3.63) is 160 Å². The van der Waals surface area contributed by atoms with Crippen LogP contribution in [0.15, 0.2) is 122 Å². The van der Waals surface area contributed by atoms with E-state index in [-0.39, 0.29) is 34.2 Å². The zero-order valence-electron chi connectivity index (χ0n) is 28.7. The van der Waals surface area contributed by atoms with Gasteiger partial charge in [-0.2, -0.15) is 26.3 Å². The molecule has 0 atom stereocenters. The van der Waals surface area contributed by atoms with Crippen molar-refractivity contribution in [2.75, 3.05) is 0 Å². The van der Waals surface area contributed by atoms with Crippen molar-refractivity contribution in [1.29, 1.82) is 0 Å². The van der Waals surface area contributed by atoms with Gasteiger partial charge in [-0.05, 0) is 66.7 Å². The van der Waals surface area contributed by atoms with E-state index >= 15 is 0 Å². The average molecular weight is 834 g/mol. The molecule has 58 heavy (non-hydrogen) atoms. The number of carboxylic acid groups (broad SMARTS) is 3. The molecule has 3 N–H and O–H groups in total. The standard InChI is InChI=1S/C13H7F4NO3.C13H8F3NO3.C12H8ClNO3/c14-9-3-2-8(13(15,16)17)5-10(9)21-11-4-1-7(6-18-11)12(19)20;14-13(15,16)9-2-1-3-10(6-9)20-11-5-4-8(7-17-11)12(18)19;13-9-3-1-2-4-10(9)17-11-6-5-8(7-14-11)12(15)16/h1-6H,(H,19,20);1-7H,(H,18,19);1-7H,(H,15,16). The molecule has 3 heterocycles. The number of hydrogen-bond donors (Lipinski definition) is 3. The number of benzene rings is 3. The number of halogens is 8. The van der Waals surface area contributed by atoms with Gasteiger partial charge in [0.15, 0.2) is 11.6 Å². The Morgan fingerprint density at radius 3 is 1.40 bits per heavy atom. The summed E-state index contributed by atoms with van der Waals surface area (Å²) in [6.07, 6.45) is -5.85. The highest BCUT2D eigenvalue weighted by atomic mass is 35.5. The topological polar surface area (TPSA) is 178 Å². The van der Waals surface area contributed by atoms with Crippen molar-refractivity contribution in [2.24, 2.45) is 0 Å². The molecule has 6 aromatic rings. The van der Waals surface area contributed by atoms with Gasteiger partial charge in [-0.3, -0.25) is 0 Å². The van der Waals surface area contributed by atoms with Gasteiger partial charge in [0.25, 0.3) is 0 Å². The second-order valence-corrected chi connectivity index (χ2v) is 11.4. The molecule has 0 radical (unpaired) electrons. The van der Waals surface area contributed by atoms with E-state index in [2.05, 4.69) is 15.0 Å². The number of alkyl halides is 6. The summed E-state index contributed by atoms with van der Waals surface area (Å²) in [5.74, 6) is -4.52. The highest BCUT2D eigenvalue weighted by Gasteiger charge is 2.32. The smallest absolute Gasteiger partial charge is 0.416 e. The zero-order valence-corrected chi connectivity index (χ0v) is 29.5. The first-order chi connectivity index (χ1) is 27.3. The number of aromatic nitrogens is 3. The molecule has 6 rings (SSSR count). The van der Waals surface area contributed by atoms with Gasteiger partial charge < -0.3 is 29.5 Å². The van der Waals surface area contributed by atoms with Gasteiger partial charge in [-0.25, -0.2) is 33.7 Å². The molecule has 0 fully saturated rings. The number of nitrogens with zero attached hydrogens (tertiary/aromatic N) is 3. The third-order valence-electron chi connectivity index (χ3n) is 6.86. The first-order valence-electron chi connectivity index (χ1n) is 15.7. The number of aromatic carboxylic acids is 3. The van der Waals surface area contributed by atoms with E-state index in [4.69, 9.17) is 41.1 Å². The Balaban J connectivity index is 0.000000194. The van der Waals surface area contributed by atoms with Crippen LogP contribution in [0.25, 0.3) is 0 Å². The third-order valence-corrected chi connectivity index (χ3v) is 7.17. The lowest BCUT2D eigenvalue weighted by molar-refractivity contribution is -0.138. The van der Waals surface area contributed by atoms with Gasteiger partial charge in [0.05, 0.1) is 32.8 Å². The number of rotatable bonds is 9. The number of pyridine rings is 3. The maximum Gasteiger partial charge on any atom is 0.416 e. The lowest BCUT2D eigenvalue weighted by atomic mass is 10.2. The third kappa shape index (κ3) is 12.9. The monoisotopic (exact) mass is 833 g/mol. The second kappa shape index (κ2) is 19.0. The molecule has 0 aliphatic rings. The number of carboxylic acids is 3. The van der Waals surface area contributed by atoms with Gasteiger partial charge in [-0.1, -0.05) is 29.8 Å². The molecular formula is C38H23ClF7N3O9. The van der Waals surface area contributed by atoms with E-state index in [1.165, 1.54) is 42.6 Å². The van der Waals surface area contributed by atoms with Gasteiger partial charge in [0.1, 0.15) is 11.5 Å². The molecule has 0 aliphatic heterocycles. The fourth-order valence-corrected chi connectivity index (χ4v) is 4.24. The molecule has 0 aliphatic carbocycles. The molecule has 0 unspecified atom stereocenters. The van der Waals surface area contributed by atoms with Gasteiger partial charge in [0.2, 0.25) is 17.6 Å². The first kappa shape index (κ1) is 43.4. The Labute approximate surface area is 326 Å². The van der Waals surface area contributed by atoms with Gasteiger partial charge >= 0.3 is 30.3 Å². The maximum atomic E-state index is 13.4. The van der Waals surface area contributed by atoms with Crippen LogP contribution in [0, 0.1) is 5.82 Å². The lowest BCUT2D eigenvalue weighted by Crippen LogP contribution is -2.05. The summed E-state index contributed by atoms with van der Waals surface area (Å²) in [6.45, 7) is 0. The fourth-order valence-electron chi connectivity index (χ4n) is 4.07. The molecular weight excluding hydrogens is 811 g/mol. The second-order valence-electron chi connectivity index (χ2n) is 11.0. The van der Waals surface area contributed by atoms with Crippen LogP contribution in [-0.2, 0) is 12.4 Å². The fraction of sp³-hybridized carbons (Fsp3) is 0.0526. The van der Waals surface area contributed by atoms with E-state index in [9.17, 15) is 45.1 Å². The largest absolute Gasteiger partial charge is 0.478 e. The number of para-hydroxylation sites is 1. The average Bonchev–Trinajstić information content (AvgIpc) is 3.17. The van der Waals surface area contributed by atoms with Crippen molar-refractivity contribution in [2.45, 2.75) is 12.4 Å². The minimum atomic E-state index is -4.63. The molecule has 0 amide bonds. The zero-order chi connectivity index (χ0) is 42.6. The Bertz CT molecular complexity index is 2360.